The lowest BCUT2D eigenvalue weighted by atomic mass is 10.2. The first-order valence-electron chi connectivity index (χ1n) is 4.68. The van der Waals surface area contributed by atoms with Crippen molar-refractivity contribution in [3.05, 3.63) is 28.5 Å². The molecule has 14 heavy (non-hydrogen) atoms. The molecule has 1 fully saturated rings. The largest absolute Gasteiger partial charge is 0.339 e. The molecule has 2 rings (SSSR count). The molecule has 0 unspecified atom stereocenters. The fourth-order valence-electron chi connectivity index (χ4n) is 1.61. The second-order valence-electron chi connectivity index (χ2n) is 3.37. The summed E-state index contributed by atoms with van der Waals surface area (Å²) in [5.74, 6) is 0.0995. The van der Waals surface area contributed by atoms with Gasteiger partial charge >= 0.3 is 0 Å². The molecule has 1 aromatic rings. The van der Waals surface area contributed by atoms with Crippen LogP contribution in [0.4, 0.5) is 0 Å². The van der Waals surface area contributed by atoms with Crippen LogP contribution in [0.5, 0.6) is 0 Å². The number of amides is 1. The van der Waals surface area contributed by atoms with Gasteiger partial charge in [0.15, 0.2) is 0 Å². The van der Waals surface area contributed by atoms with Crippen molar-refractivity contribution >= 4 is 21.8 Å². The SMILES string of the molecule is O=C(c1ccc(Br)nc1)N1CCCC1. The summed E-state index contributed by atoms with van der Waals surface area (Å²) in [4.78, 5) is 17.7. The lowest BCUT2D eigenvalue weighted by molar-refractivity contribution is 0.0792. The molecule has 74 valence electrons. The Morgan fingerprint density at radius 1 is 1.36 bits per heavy atom. The number of carbonyl (C=O) groups is 1. The van der Waals surface area contributed by atoms with Crippen LogP contribution in [-0.2, 0) is 0 Å². The van der Waals surface area contributed by atoms with Crippen molar-refractivity contribution in [2.45, 2.75) is 12.8 Å². The van der Waals surface area contributed by atoms with E-state index in [1.165, 1.54) is 0 Å². The maximum atomic E-state index is 11.8. The number of carbonyl (C=O) groups excluding carboxylic acids is 1. The fourth-order valence-corrected chi connectivity index (χ4v) is 1.84. The highest BCUT2D eigenvalue weighted by atomic mass is 79.9. The zero-order valence-electron chi connectivity index (χ0n) is 7.74. The predicted octanol–water partition coefficient (Wildman–Crippen LogP) is 2.08. The van der Waals surface area contributed by atoms with Gasteiger partial charge in [-0.25, -0.2) is 4.98 Å². The number of hydrogen-bond acceptors (Lipinski definition) is 2. The van der Waals surface area contributed by atoms with Crippen LogP contribution < -0.4 is 0 Å². The van der Waals surface area contributed by atoms with E-state index in [9.17, 15) is 4.79 Å². The van der Waals surface area contributed by atoms with Crippen molar-refractivity contribution in [2.75, 3.05) is 13.1 Å². The molecule has 1 aromatic heterocycles. The summed E-state index contributed by atoms with van der Waals surface area (Å²) in [6, 6.07) is 3.60. The number of rotatable bonds is 1. The zero-order chi connectivity index (χ0) is 9.97. The van der Waals surface area contributed by atoms with Gasteiger partial charge in [-0.2, -0.15) is 0 Å². The molecule has 4 heteroatoms. The summed E-state index contributed by atoms with van der Waals surface area (Å²) in [5, 5.41) is 0. The molecule has 0 aliphatic carbocycles. The molecule has 3 nitrogen and oxygen atoms in total. The molecule has 0 N–H and O–H groups in total. The Labute approximate surface area is 91.3 Å². The van der Waals surface area contributed by atoms with Gasteiger partial charge in [0.1, 0.15) is 4.60 Å². The predicted molar refractivity (Wildman–Crippen MR) is 57.1 cm³/mol. The third kappa shape index (κ3) is 1.95. The summed E-state index contributed by atoms with van der Waals surface area (Å²) < 4.78 is 0.760. The van der Waals surface area contributed by atoms with Crippen LogP contribution in [0.25, 0.3) is 0 Å². The first kappa shape index (κ1) is 9.65. The average Bonchev–Trinajstić information content (AvgIpc) is 2.71. The van der Waals surface area contributed by atoms with Gasteiger partial charge in [-0.3, -0.25) is 4.79 Å². The van der Waals surface area contributed by atoms with Gasteiger partial charge in [0.2, 0.25) is 0 Å². The molecule has 1 aliphatic rings. The second-order valence-corrected chi connectivity index (χ2v) is 4.18. The molecule has 0 saturated carbocycles. The van der Waals surface area contributed by atoms with Crippen LogP contribution in [0.3, 0.4) is 0 Å². The lowest BCUT2D eigenvalue weighted by Crippen LogP contribution is -2.27. The van der Waals surface area contributed by atoms with Gasteiger partial charge in [-0.15, -0.1) is 0 Å². The van der Waals surface area contributed by atoms with Crippen LogP contribution in [0, 0.1) is 0 Å². The van der Waals surface area contributed by atoms with Crippen molar-refractivity contribution in [3.63, 3.8) is 0 Å². The summed E-state index contributed by atoms with van der Waals surface area (Å²) in [5.41, 5.74) is 0.676. The minimum Gasteiger partial charge on any atom is -0.339 e. The number of pyridine rings is 1. The Hall–Kier alpha value is -0.900. The van der Waals surface area contributed by atoms with Gasteiger partial charge < -0.3 is 4.90 Å². The molecule has 0 aromatic carbocycles. The molecule has 0 atom stereocenters. The molecule has 0 bridgehead atoms. The molecule has 1 amide bonds. The van der Waals surface area contributed by atoms with Crippen LogP contribution in [0.1, 0.15) is 23.2 Å². The van der Waals surface area contributed by atoms with Gasteiger partial charge in [-0.1, -0.05) is 0 Å². The van der Waals surface area contributed by atoms with Crippen molar-refractivity contribution in [1.29, 1.82) is 0 Å². The molecule has 1 saturated heterocycles. The summed E-state index contributed by atoms with van der Waals surface area (Å²) in [7, 11) is 0. The smallest absolute Gasteiger partial charge is 0.255 e. The van der Waals surface area contributed by atoms with E-state index < -0.39 is 0 Å². The van der Waals surface area contributed by atoms with Crippen LogP contribution in [0.15, 0.2) is 22.9 Å². The Kier molecular flexibility index (Phi) is 2.82. The Balaban J connectivity index is 2.14. The zero-order valence-corrected chi connectivity index (χ0v) is 9.33. The quantitative estimate of drug-likeness (QED) is 0.720. The number of halogens is 1. The van der Waals surface area contributed by atoms with Crippen molar-refractivity contribution in [1.82, 2.24) is 9.88 Å². The molecule has 0 radical (unpaired) electrons. The van der Waals surface area contributed by atoms with Gasteiger partial charge in [0, 0.05) is 19.3 Å². The lowest BCUT2D eigenvalue weighted by Gasteiger charge is -2.14. The normalized spacial score (nSPS) is 15.9. The van der Waals surface area contributed by atoms with E-state index in [4.69, 9.17) is 0 Å². The molecule has 0 spiro atoms. The number of likely N-dealkylation sites (tertiary alicyclic amines) is 1. The van der Waals surface area contributed by atoms with E-state index >= 15 is 0 Å². The van der Waals surface area contributed by atoms with E-state index in [-0.39, 0.29) is 5.91 Å². The standard InChI is InChI=1S/C10H11BrN2O/c11-9-4-3-8(7-12-9)10(14)13-5-1-2-6-13/h3-4,7H,1-2,5-6H2. The van der Waals surface area contributed by atoms with E-state index in [0.29, 0.717) is 5.56 Å². The van der Waals surface area contributed by atoms with E-state index in [1.807, 2.05) is 4.90 Å². The van der Waals surface area contributed by atoms with Crippen molar-refractivity contribution < 1.29 is 4.79 Å². The molecule has 2 heterocycles. The maximum Gasteiger partial charge on any atom is 0.255 e. The highest BCUT2D eigenvalue weighted by Crippen LogP contribution is 2.13. The number of aromatic nitrogens is 1. The minimum atomic E-state index is 0.0995. The Bertz CT molecular complexity index is 330. The van der Waals surface area contributed by atoms with Crippen molar-refractivity contribution in [2.24, 2.45) is 0 Å². The third-order valence-electron chi connectivity index (χ3n) is 2.37. The summed E-state index contributed by atoms with van der Waals surface area (Å²) in [6.45, 7) is 1.77. The average molecular weight is 255 g/mol. The van der Waals surface area contributed by atoms with Gasteiger partial charge in [0.25, 0.3) is 5.91 Å². The highest BCUT2D eigenvalue weighted by Gasteiger charge is 2.19. The monoisotopic (exact) mass is 254 g/mol. The van der Waals surface area contributed by atoms with Crippen LogP contribution >= 0.6 is 15.9 Å². The molecular weight excluding hydrogens is 244 g/mol. The Morgan fingerprint density at radius 3 is 2.64 bits per heavy atom. The number of nitrogens with zero attached hydrogens (tertiary/aromatic N) is 2. The van der Waals surface area contributed by atoms with E-state index in [2.05, 4.69) is 20.9 Å². The number of hydrogen-bond donors (Lipinski definition) is 0. The summed E-state index contributed by atoms with van der Waals surface area (Å²) >= 11 is 3.24. The third-order valence-corrected chi connectivity index (χ3v) is 2.84. The molecule has 1 aliphatic heterocycles. The second kappa shape index (κ2) is 4.09. The van der Waals surface area contributed by atoms with Crippen LogP contribution in [-0.4, -0.2) is 28.9 Å². The fraction of sp³-hybridized carbons (Fsp3) is 0.400. The summed E-state index contributed by atoms with van der Waals surface area (Å²) in [6.07, 6.45) is 3.86. The highest BCUT2D eigenvalue weighted by molar-refractivity contribution is 9.10. The molecular formula is C10H11BrN2O. The minimum absolute atomic E-state index is 0.0995. The first-order valence-corrected chi connectivity index (χ1v) is 5.47. The van der Waals surface area contributed by atoms with E-state index in [1.54, 1.807) is 18.3 Å². The Morgan fingerprint density at radius 2 is 2.07 bits per heavy atom. The topological polar surface area (TPSA) is 33.2 Å². The van der Waals surface area contributed by atoms with Gasteiger partial charge in [0.05, 0.1) is 5.56 Å². The maximum absolute atomic E-state index is 11.8. The van der Waals surface area contributed by atoms with Gasteiger partial charge in [-0.05, 0) is 40.9 Å². The van der Waals surface area contributed by atoms with E-state index in [0.717, 1.165) is 30.5 Å². The first-order chi connectivity index (χ1) is 6.77. The van der Waals surface area contributed by atoms with Crippen molar-refractivity contribution in [3.8, 4) is 0 Å². The van der Waals surface area contributed by atoms with Crippen LogP contribution in [0.2, 0.25) is 0 Å².